The number of pyridine rings is 1. The molecule has 0 amide bonds. The zero-order valence-corrected chi connectivity index (χ0v) is 10.9. The minimum absolute atomic E-state index is 0.590. The van der Waals surface area contributed by atoms with Crippen molar-refractivity contribution >= 4 is 11.5 Å². The Balaban J connectivity index is 2.59. The number of rotatable bonds is 4. The van der Waals surface area contributed by atoms with Gasteiger partial charge in [0.15, 0.2) is 0 Å². The van der Waals surface area contributed by atoms with E-state index in [9.17, 15) is 0 Å². The Bertz CT molecular complexity index is 511. The van der Waals surface area contributed by atoms with Crippen LogP contribution in [0.2, 0.25) is 0 Å². The van der Waals surface area contributed by atoms with Crippen molar-refractivity contribution in [1.29, 1.82) is 0 Å². The molecule has 0 aliphatic carbocycles. The highest BCUT2D eigenvalue weighted by Crippen LogP contribution is 2.21. The standard InChI is InChI=1S/C14H21N3/c1-4-6-11-7-5-8-13-16-14(15)12(17(11)13)9-10(2)3/h5,7-8,10H,4,6,9,15H2,1-3H3. The second-order valence-corrected chi connectivity index (χ2v) is 5.00. The maximum atomic E-state index is 6.03. The third-order valence-electron chi connectivity index (χ3n) is 2.96. The van der Waals surface area contributed by atoms with E-state index in [0.29, 0.717) is 11.7 Å². The molecule has 2 heterocycles. The molecule has 2 aromatic rings. The van der Waals surface area contributed by atoms with Gasteiger partial charge in [0.2, 0.25) is 0 Å². The highest BCUT2D eigenvalue weighted by atomic mass is 15.1. The lowest BCUT2D eigenvalue weighted by Gasteiger charge is -2.10. The van der Waals surface area contributed by atoms with Gasteiger partial charge in [0.1, 0.15) is 11.5 Å². The first-order chi connectivity index (χ1) is 8.13. The summed E-state index contributed by atoms with van der Waals surface area (Å²) in [6, 6.07) is 6.26. The predicted octanol–water partition coefficient (Wildman–Crippen LogP) is 3.07. The fourth-order valence-electron chi connectivity index (χ4n) is 2.28. The maximum absolute atomic E-state index is 6.03. The Hall–Kier alpha value is -1.51. The number of imidazole rings is 1. The molecule has 2 aromatic heterocycles. The van der Waals surface area contributed by atoms with Gasteiger partial charge in [-0.25, -0.2) is 4.98 Å². The van der Waals surface area contributed by atoms with Crippen molar-refractivity contribution in [2.75, 3.05) is 5.73 Å². The summed E-state index contributed by atoms with van der Waals surface area (Å²) in [5.74, 6) is 1.27. The lowest BCUT2D eigenvalue weighted by molar-refractivity contribution is 0.629. The van der Waals surface area contributed by atoms with Crippen LogP contribution in [0.5, 0.6) is 0 Å². The molecule has 0 bridgehead atoms. The smallest absolute Gasteiger partial charge is 0.145 e. The third-order valence-corrected chi connectivity index (χ3v) is 2.96. The van der Waals surface area contributed by atoms with Crippen molar-refractivity contribution in [2.24, 2.45) is 5.92 Å². The maximum Gasteiger partial charge on any atom is 0.145 e. The van der Waals surface area contributed by atoms with Gasteiger partial charge in [-0.15, -0.1) is 0 Å². The highest BCUT2D eigenvalue weighted by Gasteiger charge is 2.13. The molecule has 3 heteroatoms. The largest absolute Gasteiger partial charge is 0.382 e. The normalized spacial score (nSPS) is 11.5. The molecule has 2 rings (SSSR count). The molecule has 0 saturated heterocycles. The van der Waals surface area contributed by atoms with E-state index in [0.717, 1.165) is 24.9 Å². The van der Waals surface area contributed by atoms with E-state index in [1.165, 1.54) is 11.4 Å². The summed E-state index contributed by atoms with van der Waals surface area (Å²) in [6.45, 7) is 6.61. The van der Waals surface area contributed by atoms with E-state index in [1.807, 2.05) is 6.07 Å². The van der Waals surface area contributed by atoms with Crippen molar-refractivity contribution < 1.29 is 0 Å². The average Bonchev–Trinajstić information content (AvgIpc) is 2.56. The number of hydrogen-bond donors (Lipinski definition) is 1. The molecule has 0 saturated carbocycles. The molecular weight excluding hydrogens is 210 g/mol. The lowest BCUT2D eigenvalue weighted by Crippen LogP contribution is -2.05. The van der Waals surface area contributed by atoms with Crippen molar-refractivity contribution in [1.82, 2.24) is 9.38 Å². The van der Waals surface area contributed by atoms with Gasteiger partial charge in [-0.1, -0.05) is 33.3 Å². The van der Waals surface area contributed by atoms with Gasteiger partial charge in [-0.2, -0.15) is 0 Å². The van der Waals surface area contributed by atoms with Gasteiger partial charge in [0, 0.05) is 5.69 Å². The molecule has 0 aliphatic rings. The Labute approximate surface area is 103 Å². The van der Waals surface area contributed by atoms with Gasteiger partial charge in [0.05, 0.1) is 5.69 Å². The summed E-state index contributed by atoms with van der Waals surface area (Å²) >= 11 is 0. The number of aryl methyl sites for hydroxylation is 1. The van der Waals surface area contributed by atoms with Crippen LogP contribution < -0.4 is 5.73 Å². The van der Waals surface area contributed by atoms with Gasteiger partial charge in [0.25, 0.3) is 0 Å². The molecule has 0 spiro atoms. The zero-order chi connectivity index (χ0) is 12.4. The number of nitrogen functional groups attached to an aromatic ring is 1. The molecule has 3 nitrogen and oxygen atoms in total. The molecule has 2 N–H and O–H groups in total. The fourth-order valence-corrected chi connectivity index (χ4v) is 2.28. The topological polar surface area (TPSA) is 43.3 Å². The molecule has 0 aromatic carbocycles. The second kappa shape index (κ2) is 4.78. The molecule has 0 radical (unpaired) electrons. The van der Waals surface area contributed by atoms with Crippen LogP contribution in [-0.4, -0.2) is 9.38 Å². The summed E-state index contributed by atoms with van der Waals surface area (Å²) in [5, 5.41) is 0. The number of hydrogen-bond acceptors (Lipinski definition) is 2. The third kappa shape index (κ3) is 2.28. The van der Waals surface area contributed by atoms with Crippen LogP contribution in [0.15, 0.2) is 18.2 Å². The van der Waals surface area contributed by atoms with Gasteiger partial charge < -0.3 is 5.73 Å². The number of anilines is 1. The van der Waals surface area contributed by atoms with E-state index < -0.39 is 0 Å². The number of nitrogens with two attached hydrogens (primary N) is 1. The van der Waals surface area contributed by atoms with Crippen LogP contribution in [0.4, 0.5) is 5.82 Å². The minimum Gasteiger partial charge on any atom is -0.382 e. The minimum atomic E-state index is 0.590. The highest BCUT2D eigenvalue weighted by molar-refractivity contribution is 5.53. The Kier molecular flexibility index (Phi) is 3.36. The number of nitrogens with zero attached hydrogens (tertiary/aromatic N) is 2. The van der Waals surface area contributed by atoms with Crippen LogP contribution in [0.3, 0.4) is 0 Å². The van der Waals surface area contributed by atoms with Crippen LogP contribution in [0, 0.1) is 5.92 Å². The number of aromatic nitrogens is 2. The first-order valence-electron chi connectivity index (χ1n) is 6.38. The van der Waals surface area contributed by atoms with Crippen molar-refractivity contribution in [3.05, 3.63) is 29.6 Å². The molecule has 0 fully saturated rings. The van der Waals surface area contributed by atoms with Crippen LogP contribution in [0.25, 0.3) is 5.65 Å². The van der Waals surface area contributed by atoms with E-state index >= 15 is 0 Å². The Morgan fingerprint density at radius 3 is 2.76 bits per heavy atom. The van der Waals surface area contributed by atoms with Crippen LogP contribution in [-0.2, 0) is 12.8 Å². The monoisotopic (exact) mass is 231 g/mol. The zero-order valence-electron chi connectivity index (χ0n) is 10.9. The Morgan fingerprint density at radius 2 is 2.12 bits per heavy atom. The molecule has 0 atom stereocenters. The fraction of sp³-hybridized carbons (Fsp3) is 0.500. The first-order valence-corrected chi connectivity index (χ1v) is 6.38. The lowest BCUT2D eigenvalue weighted by atomic mass is 10.1. The van der Waals surface area contributed by atoms with E-state index in [2.05, 4.69) is 42.3 Å². The number of fused-ring (bicyclic) bond motifs is 1. The van der Waals surface area contributed by atoms with Gasteiger partial charge in [-0.05, 0) is 30.9 Å². The summed E-state index contributed by atoms with van der Waals surface area (Å²) in [7, 11) is 0. The van der Waals surface area contributed by atoms with Gasteiger partial charge >= 0.3 is 0 Å². The van der Waals surface area contributed by atoms with E-state index in [-0.39, 0.29) is 0 Å². The second-order valence-electron chi connectivity index (χ2n) is 5.00. The summed E-state index contributed by atoms with van der Waals surface area (Å²) in [5.41, 5.74) is 9.49. The average molecular weight is 231 g/mol. The van der Waals surface area contributed by atoms with E-state index in [1.54, 1.807) is 0 Å². The predicted molar refractivity (Wildman–Crippen MR) is 72.1 cm³/mol. The summed E-state index contributed by atoms with van der Waals surface area (Å²) in [4.78, 5) is 4.45. The molecule has 0 aliphatic heterocycles. The molecule has 92 valence electrons. The van der Waals surface area contributed by atoms with Crippen molar-refractivity contribution in [3.63, 3.8) is 0 Å². The summed E-state index contributed by atoms with van der Waals surface area (Å²) in [6.07, 6.45) is 3.18. The van der Waals surface area contributed by atoms with Crippen molar-refractivity contribution in [2.45, 2.75) is 40.0 Å². The van der Waals surface area contributed by atoms with Gasteiger partial charge in [-0.3, -0.25) is 4.40 Å². The SMILES string of the molecule is CCCc1cccc2nc(N)c(CC(C)C)n12. The first kappa shape index (κ1) is 12.0. The molecule has 17 heavy (non-hydrogen) atoms. The van der Waals surface area contributed by atoms with E-state index in [4.69, 9.17) is 5.73 Å². The Morgan fingerprint density at radius 1 is 1.35 bits per heavy atom. The molecule has 0 unspecified atom stereocenters. The van der Waals surface area contributed by atoms with Crippen LogP contribution >= 0.6 is 0 Å². The summed E-state index contributed by atoms with van der Waals surface area (Å²) < 4.78 is 2.23. The van der Waals surface area contributed by atoms with Crippen molar-refractivity contribution in [3.8, 4) is 0 Å². The van der Waals surface area contributed by atoms with Crippen LogP contribution in [0.1, 0.15) is 38.6 Å². The molecular formula is C14H21N3. The quantitative estimate of drug-likeness (QED) is 0.878.